The van der Waals surface area contributed by atoms with Gasteiger partial charge >= 0.3 is 18.3 Å². The summed E-state index contributed by atoms with van der Waals surface area (Å²) in [5, 5.41) is 1.42. The van der Waals surface area contributed by atoms with Crippen LogP contribution in [-0.4, -0.2) is 32.8 Å². The molecule has 0 aliphatic carbocycles. The maximum absolute atomic E-state index is 14.2. The molecule has 0 fully saturated rings. The number of benzene rings is 2. The molecule has 0 heterocycles. The van der Waals surface area contributed by atoms with E-state index in [1.54, 1.807) is 6.92 Å². The predicted octanol–water partition coefficient (Wildman–Crippen LogP) is 4.23. The van der Waals surface area contributed by atoms with Gasteiger partial charge in [0.25, 0.3) is 5.66 Å². The van der Waals surface area contributed by atoms with Crippen LogP contribution in [0.25, 0.3) is 0 Å². The average molecular weight is 484 g/mol. The highest BCUT2D eigenvalue weighted by molar-refractivity contribution is 7.89. The first kappa shape index (κ1) is 25.5. The maximum Gasteiger partial charge on any atom is 0.437 e. The molecular weight excluding hydrogens is 466 g/mol. The van der Waals surface area contributed by atoms with Gasteiger partial charge in [-0.3, -0.25) is 0 Å². The summed E-state index contributed by atoms with van der Waals surface area (Å²) in [4.78, 5) is 11.8. The Kier molecular flexibility index (Phi) is 7.15. The highest BCUT2D eigenvalue weighted by atomic mass is 32.2. The van der Waals surface area contributed by atoms with Gasteiger partial charge in [0.15, 0.2) is 0 Å². The standard InChI is InChI=1S/C19H18F6N2O4S/c1-3-31-16(28)17(19(23,24)25,26-15-7-5-4-6-14(15)18(20,21)22)27-32(29,30)13-10-8-12(2)9-11-13/h4-11,26-27H,3H2,1-2H3/t17-/m0/s1. The van der Waals surface area contributed by atoms with Crippen LogP contribution in [0.4, 0.5) is 32.0 Å². The lowest BCUT2D eigenvalue weighted by Gasteiger charge is -2.35. The maximum atomic E-state index is 14.2. The van der Waals surface area contributed by atoms with Crippen molar-refractivity contribution in [3.8, 4) is 0 Å². The van der Waals surface area contributed by atoms with Crippen LogP contribution in [0.5, 0.6) is 0 Å². The topological polar surface area (TPSA) is 84.5 Å². The van der Waals surface area contributed by atoms with E-state index in [-0.39, 0.29) is 0 Å². The van der Waals surface area contributed by atoms with Crippen LogP contribution in [0, 0.1) is 6.92 Å². The van der Waals surface area contributed by atoms with Crippen molar-refractivity contribution >= 4 is 21.7 Å². The van der Waals surface area contributed by atoms with Gasteiger partial charge in [-0.25, -0.2) is 13.2 Å². The highest BCUT2D eigenvalue weighted by Crippen LogP contribution is 2.39. The fraction of sp³-hybridized carbons (Fsp3) is 0.316. The smallest absolute Gasteiger partial charge is 0.437 e. The number of carbonyl (C=O) groups is 1. The van der Waals surface area contributed by atoms with Gasteiger partial charge in [0, 0.05) is 5.69 Å². The van der Waals surface area contributed by atoms with Crippen molar-refractivity contribution in [3.05, 3.63) is 59.7 Å². The summed E-state index contributed by atoms with van der Waals surface area (Å²) < 4.78 is 114. The second-order valence-corrected chi connectivity index (χ2v) is 8.24. The Morgan fingerprint density at radius 2 is 1.53 bits per heavy atom. The summed E-state index contributed by atoms with van der Waals surface area (Å²) in [6, 6.07) is 7.55. The Labute approximate surface area is 179 Å². The van der Waals surface area contributed by atoms with E-state index in [1.165, 1.54) is 22.2 Å². The number of nitrogens with one attached hydrogen (secondary N) is 2. The molecule has 6 nitrogen and oxygen atoms in total. The third-order valence-corrected chi connectivity index (χ3v) is 5.65. The molecule has 13 heteroatoms. The number of halogens is 6. The van der Waals surface area contributed by atoms with Crippen LogP contribution >= 0.6 is 0 Å². The number of hydrogen-bond donors (Lipinski definition) is 2. The summed E-state index contributed by atoms with van der Waals surface area (Å²) in [7, 11) is -5.06. The van der Waals surface area contributed by atoms with Crippen LogP contribution in [0.1, 0.15) is 18.1 Å². The third kappa shape index (κ3) is 5.33. The van der Waals surface area contributed by atoms with Crippen molar-refractivity contribution < 1.29 is 44.3 Å². The van der Waals surface area contributed by atoms with Gasteiger partial charge in [0.05, 0.1) is 17.1 Å². The molecule has 176 valence electrons. The second kappa shape index (κ2) is 8.98. The lowest BCUT2D eigenvalue weighted by molar-refractivity contribution is -0.203. The highest BCUT2D eigenvalue weighted by Gasteiger charge is 2.65. The van der Waals surface area contributed by atoms with Gasteiger partial charge in [0.2, 0.25) is 10.0 Å². The Morgan fingerprint density at radius 1 is 0.969 bits per heavy atom. The Morgan fingerprint density at radius 3 is 2.03 bits per heavy atom. The lowest BCUT2D eigenvalue weighted by Crippen LogP contribution is -2.69. The summed E-state index contributed by atoms with van der Waals surface area (Å²) in [6.07, 6.45) is -10.9. The SMILES string of the molecule is CCOC(=O)[C@](Nc1ccccc1C(F)(F)F)(NS(=O)(=O)c1ccc(C)cc1)C(F)(F)F. The number of alkyl halides is 6. The van der Waals surface area contributed by atoms with E-state index in [9.17, 15) is 39.6 Å². The fourth-order valence-corrected chi connectivity index (χ4v) is 3.89. The van der Waals surface area contributed by atoms with Crippen molar-refractivity contribution in [3.63, 3.8) is 0 Å². The van der Waals surface area contributed by atoms with Crippen molar-refractivity contribution in [2.75, 3.05) is 11.9 Å². The van der Waals surface area contributed by atoms with E-state index in [4.69, 9.17) is 0 Å². The molecular formula is C19H18F6N2O4S. The number of ether oxygens (including phenoxy) is 1. The summed E-state index contributed by atoms with van der Waals surface area (Å²) in [5.74, 6) is -2.18. The molecule has 32 heavy (non-hydrogen) atoms. The molecule has 2 aromatic rings. The summed E-state index contributed by atoms with van der Waals surface area (Å²) in [5.41, 5.74) is -6.40. The van der Waals surface area contributed by atoms with Crippen LogP contribution < -0.4 is 10.0 Å². The monoisotopic (exact) mass is 484 g/mol. The molecule has 0 amide bonds. The molecule has 0 radical (unpaired) electrons. The van der Waals surface area contributed by atoms with Gasteiger partial charge in [-0.05, 0) is 38.1 Å². The zero-order valence-electron chi connectivity index (χ0n) is 16.6. The van der Waals surface area contributed by atoms with Crippen molar-refractivity contribution in [2.24, 2.45) is 0 Å². The van der Waals surface area contributed by atoms with Crippen LogP contribution in [-0.2, 0) is 25.7 Å². The Bertz CT molecular complexity index is 1070. The largest absolute Gasteiger partial charge is 0.463 e. The zero-order chi connectivity index (χ0) is 24.4. The van der Waals surface area contributed by atoms with Crippen LogP contribution in [0.2, 0.25) is 0 Å². The van der Waals surface area contributed by atoms with Gasteiger partial charge < -0.3 is 10.1 Å². The number of carbonyl (C=O) groups excluding carboxylic acids is 1. The van der Waals surface area contributed by atoms with Crippen LogP contribution in [0.15, 0.2) is 53.4 Å². The number of hydrogen-bond acceptors (Lipinski definition) is 5. The number of aryl methyl sites for hydroxylation is 1. The summed E-state index contributed by atoms with van der Waals surface area (Å²) >= 11 is 0. The van der Waals surface area contributed by atoms with E-state index < -0.39 is 56.8 Å². The molecule has 0 saturated carbocycles. The molecule has 0 unspecified atom stereocenters. The van der Waals surface area contributed by atoms with Crippen LogP contribution in [0.3, 0.4) is 0 Å². The molecule has 0 aromatic heterocycles. The third-order valence-electron chi connectivity index (χ3n) is 4.18. The number of rotatable bonds is 7. The lowest BCUT2D eigenvalue weighted by atomic mass is 10.1. The molecule has 2 N–H and O–H groups in total. The van der Waals surface area contributed by atoms with Crippen molar-refractivity contribution in [1.82, 2.24) is 4.72 Å². The molecule has 2 aromatic carbocycles. The van der Waals surface area contributed by atoms with Gasteiger partial charge in [-0.15, -0.1) is 0 Å². The molecule has 0 aliphatic rings. The van der Waals surface area contributed by atoms with Gasteiger partial charge in [-0.1, -0.05) is 29.8 Å². The number of anilines is 1. The van der Waals surface area contributed by atoms with Gasteiger partial charge in [0.1, 0.15) is 0 Å². The first-order valence-electron chi connectivity index (χ1n) is 8.93. The van der Waals surface area contributed by atoms with E-state index in [2.05, 4.69) is 4.74 Å². The first-order valence-corrected chi connectivity index (χ1v) is 10.4. The first-order chi connectivity index (χ1) is 14.6. The van der Waals surface area contributed by atoms with Crippen molar-refractivity contribution in [1.29, 1.82) is 0 Å². The quantitative estimate of drug-likeness (QED) is 0.349. The van der Waals surface area contributed by atoms with E-state index in [1.807, 2.05) is 0 Å². The normalized spacial score (nSPS) is 14.5. The second-order valence-electron chi connectivity index (χ2n) is 6.56. The van der Waals surface area contributed by atoms with Gasteiger partial charge in [-0.2, -0.15) is 31.1 Å². The number of para-hydroxylation sites is 1. The molecule has 0 saturated heterocycles. The van der Waals surface area contributed by atoms with Crippen molar-refractivity contribution in [2.45, 2.75) is 36.8 Å². The molecule has 2 rings (SSSR count). The summed E-state index contributed by atoms with van der Waals surface area (Å²) in [6.45, 7) is 2.14. The Balaban J connectivity index is 2.70. The predicted molar refractivity (Wildman–Crippen MR) is 102 cm³/mol. The average Bonchev–Trinajstić information content (AvgIpc) is 2.66. The Hall–Kier alpha value is -2.80. The molecule has 0 bridgehead atoms. The minimum absolute atomic E-state index is 0.475. The fourth-order valence-electron chi connectivity index (χ4n) is 2.62. The van der Waals surface area contributed by atoms with E-state index in [0.717, 1.165) is 31.2 Å². The van der Waals surface area contributed by atoms with E-state index >= 15 is 0 Å². The minimum atomic E-state index is -5.75. The molecule has 0 spiro atoms. The number of sulfonamides is 1. The molecule has 1 atom stereocenters. The zero-order valence-corrected chi connectivity index (χ0v) is 17.5. The number of esters is 1. The minimum Gasteiger partial charge on any atom is -0.463 e. The van der Waals surface area contributed by atoms with E-state index in [0.29, 0.717) is 17.7 Å². The molecule has 0 aliphatic heterocycles.